The molecule has 1 aliphatic rings. The second kappa shape index (κ2) is 6.74. The lowest BCUT2D eigenvalue weighted by atomic mass is 10.1. The van der Waals surface area contributed by atoms with Crippen LogP contribution in [-0.2, 0) is 14.8 Å². The minimum Gasteiger partial charge on any atom is -0.497 e. The highest BCUT2D eigenvalue weighted by Crippen LogP contribution is 2.40. The van der Waals surface area contributed by atoms with Gasteiger partial charge in [-0.1, -0.05) is 30.3 Å². The Balaban J connectivity index is 2.16. The lowest BCUT2D eigenvalue weighted by Crippen LogP contribution is -2.46. The number of carbonyl (C=O) groups is 1. The molecule has 0 aliphatic carbocycles. The van der Waals surface area contributed by atoms with Gasteiger partial charge in [-0.2, -0.15) is 0 Å². The van der Waals surface area contributed by atoms with E-state index in [1.54, 1.807) is 82.5 Å². The summed E-state index contributed by atoms with van der Waals surface area (Å²) in [5.41, 5.74) is 0.215. The molecule has 3 rings (SSSR count). The molecule has 2 aromatic carbocycles. The zero-order chi connectivity index (χ0) is 19.8. The number of benzene rings is 2. The average Bonchev–Trinajstić information content (AvgIpc) is 2.81. The van der Waals surface area contributed by atoms with Crippen molar-refractivity contribution in [1.82, 2.24) is 4.31 Å². The van der Waals surface area contributed by atoms with Gasteiger partial charge in [0.15, 0.2) is 0 Å². The lowest BCUT2D eigenvalue weighted by molar-refractivity contribution is -0.124. The molecule has 0 unspecified atom stereocenters. The molecule has 0 saturated carbocycles. The second-order valence-electron chi connectivity index (χ2n) is 7.17. The van der Waals surface area contributed by atoms with Crippen molar-refractivity contribution < 1.29 is 17.9 Å². The van der Waals surface area contributed by atoms with Crippen LogP contribution in [0, 0.1) is 0 Å². The monoisotopic (exact) mass is 386 g/mol. The standard InChI is InChI=1S/C20H22N2O4S/c1-20(2,3)22-19(23)17(21-15-10-12-16(26-4)13-11-15)18(27(22,24)25)14-8-6-5-7-9-14/h5-13,21H,1-4H3. The summed E-state index contributed by atoms with van der Waals surface area (Å²) in [6.45, 7) is 5.09. The van der Waals surface area contributed by atoms with E-state index in [2.05, 4.69) is 5.32 Å². The van der Waals surface area contributed by atoms with Crippen LogP contribution in [0.25, 0.3) is 4.91 Å². The summed E-state index contributed by atoms with van der Waals surface area (Å²) in [4.78, 5) is 13.1. The number of anilines is 1. The molecule has 1 aliphatic heterocycles. The summed E-state index contributed by atoms with van der Waals surface area (Å²) in [6, 6.07) is 15.6. The number of rotatable bonds is 4. The van der Waals surface area contributed by atoms with Crippen molar-refractivity contribution in [3.05, 3.63) is 65.9 Å². The fourth-order valence-corrected chi connectivity index (χ4v) is 5.05. The first kappa shape index (κ1) is 19.0. The Morgan fingerprint density at radius 2 is 1.56 bits per heavy atom. The maximum atomic E-state index is 13.2. The van der Waals surface area contributed by atoms with E-state index in [0.717, 1.165) is 4.31 Å². The molecule has 0 fully saturated rings. The minimum absolute atomic E-state index is 0.0150. The molecule has 1 amide bonds. The normalized spacial score (nSPS) is 16.6. The van der Waals surface area contributed by atoms with Gasteiger partial charge in [0.25, 0.3) is 15.9 Å². The largest absolute Gasteiger partial charge is 0.497 e. The van der Waals surface area contributed by atoms with Gasteiger partial charge in [0.2, 0.25) is 0 Å². The zero-order valence-corrected chi connectivity index (χ0v) is 16.5. The molecule has 142 valence electrons. The number of sulfonamides is 1. The molecule has 2 aromatic rings. The first-order valence-corrected chi connectivity index (χ1v) is 9.91. The van der Waals surface area contributed by atoms with Gasteiger partial charge < -0.3 is 10.1 Å². The molecular formula is C20H22N2O4S. The molecule has 1 N–H and O–H groups in total. The number of nitrogens with zero attached hydrogens (tertiary/aromatic N) is 1. The van der Waals surface area contributed by atoms with Gasteiger partial charge >= 0.3 is 0 Å². The smallest absolute Gasteiger partial charge is 0.285 e. The maximum Gasteiger partial charge on any atom is 0.285 e. The highest BCUT2D eigenvalue weighted by Gasteiger charge is 2.49. The van der Waals surface area contributed by atoms with Crippen LogP contribution in [0.1, 0.15) is 26.3 Å². The summed E-state index contributed by atoms with van der Waals surface area (Å²) in [7, 11) is -2.43. The van der Waals surface area contributed by atoms with E-state index in [9.17, 15) is 13.2 Å². The van der Waals surface area contributed by atoms with E-state index >= 15 is 0 Å². The number of ether oxygens (including phenoxy) is 1. The molecule has 0 bridgehead atoms. The fraction of sp³-hybridized carbons (Fsp3) is 0.250. The summed E-state index contributed by atoms with van der Waals surface area (Å²) in [6.07, 6.45) is 0. The third kappa shape index (κ3) is 3.42. The molecule has 27 heavy (non-hydrogen) atoms. The van der Waals surface area contributed by atoms with Crippen molar-refractivity contribution in [3.63, 3.8) is 0 Å². The summed E-state index contributed by atoms with van der Waals surface area (Å²) < 4.78 is 32.6. The molecule has 0 saturated heterocycles. The molecule has 1 heterocycles. The van der Waals surface area contributed by atoms with Gasteiger partial charge in [-0.25, -0.2) is 12.7 Å². The second-order valence-corrected chi connectivity index (χ2v) is 8.89. The van der Waals surface area contributed by atoms with Crippen molar-refractivity contribution in [1.29, 1.82) is 0 Å². The van der Waals surface area contributed by atoms with Gasteiger partial charge in [0, 0.05) is 5.69 Å². The fourth-order valence-electron chi connectivity index (χ4n) is 3.00. The summed E-state index contributed by atoms with van der Waals surface area (Å²) in [5.74, 6) is 0.0941. The molecule has 0 spiro atoms. The van der Waals surface area contributed by atoms with Gasteiger partial charge in [0.1, 0.15) is 16.4 Å². The Bertz CT molecular complexity index is 989. The van der Waals surface area contributed by atoms with Crippen LogP contribution in [0.5, 0.6) is 5.75 Å². The van der Waals surface area contributed by atoms with Crippen molar-refractivity contribution in [3.8, 4) is 5.75 Å². The van der Waals surface area contributed by atoms with Crippen LogP contribution < -0.4 is 10.1 Å². The van der Waals surface area contributed by atoms with Crippen LogP contribution >= 0.6 is 0 Å². The molecule has 7 heteroatoms. The average molecular weight is 386 g/mol. The Hall–Kier alpha value is -2.80. The Kier molecular flexibility index (Phi) is 4.73. The Morgan fingerprint density at radius 3 is 2.07 bits per heavy atom. The van der Waals surface area contributed by atoms with E-state index < -0.39 is 21.5 Å². The number of carbonyl (C=O) groups excluding carboxylic acids is 1. The first-order valence-electron chi connectivity index (χ1n) is 8.47. The summed E-state index contributed by atoms with van der Waals surface area (Å²) in [5, 5.41) is 3.00. The zero-order valence-electron chi connectivity index (χ0n) is 15.7. The summed E-state index contributed by atoms with van der Waals surface area (Å²) >= 11 is 0. The number of hydrogen-bond acceptors (Lipinski definition) is 5. The minimum atomic E-state index is -3.99. The van der Waals surface area contributed by atoms with Crippen LogP contribution in [0.2, 0.25) is 0 Å². The number of hydrogen-bond donors (Lipinski definition) is 1. The van der Waals surface area contributed by atoms with Crippen LogP contribution in [0.15, 0.2) is 60.3 Å². The SMILES string of the molecule is COc1ccc(NC2=C(c3ccccc3)S(=O)(=O)N(C(C)(C)C)C2=O)cc1. The number of amides is 1. The van der Waals surface area contributed by atoms with Gasteiger partial charge in [-0.15, -0.1) is 0 Å². The quantitative estimate of drug-likeness (QED) is 0.871. The van der Waals surface area contributed by atoms with E-state index in [1.165, 1.54) is 0 Å². The van der Waals surface area contributed by atoms with Gasteiger partial charge in [0.05, 0.1) is 12.6 Å². The van der Waals surface area contributed by atoms with Crippen molar-refractivity contribution >= 4 is 26.5 Å². The Morgan fingerprint density at radius 1 is 0.963 bits per heavy atom. The molecule has 0 radical (unpaired) electrons. The van der Waals surface area contributed by atoms with Gasteiger partial charge in [-0.05, 0) is 50.6 Å². The topological polar surface area (TPSA) is 75.7 Å². The molecule has 6 nitrogen and oxygen atoms in total. The van der Waals surface area contributed by atoms with Crippen LogP contribution in [0.4, 0.5) is 5.69 Å². The van der Waals surface area contributed by atoms with E-state index in [-0.39, 0.29) is 10.6 Å². The third-order valence-corrected chi connectivity index (χ3v) is 6.28. The van der Waals surface area contributed by atoms with Crippen LogP contribution in [-0.4, -0.2) is 31.3 Å². The highest BCUT2D eigenvalue weighted by molar-refractivity contribution is 7.99. The predicted molar refractivity (Wildman–Crippen MR) is 105 cm³/mol. The highest BCUT2D eigenvalue weighted by atomic mass is 32.2. The van der Waals surface area contributed by atoms with Crippen molar-refractivity contribution in [2.45, 2.75) is 26.3 Å². The van der Waals surface area contributed by atoms with Crippen molar-refractivity contribution in [2.24, 2.45) is 0 Å². The Labute approximate surface area is 159 Å². The van der Waals surface area contributed by atoms with E-state index in [4.69, 9.17) is 4.74 Å². The van der Waals surface area contributed by atoms with E-state index in [1.807, 2.05) is 0 Å². The van der Waals surface area contributed by atoms with Crippen molar-refractivity contribution in [2.75, 3.05) is 12.4 Å². The molecular weight excluding hydrogens is 364 g/mol. The molecule has 0 atom stereocenters. The maximum absolute atomic E-state index is 13.2. The third-order valence-electron chi connectivity index (χ3n) is 4.13. The van der Waals surface area contributed by atoms with Crippen LogP contribution in [0.3, 0.4) is 0 Å². The molecule has 0 aromatic heterocycles. The first-order chi connectivity index (χ1) is 12.7. The lowest BCUT2D eigenvalue weighted by Gasteiger charge is -2.30. The van der Waals surface area contributed by atoms with E-state index in [0.29, 0.717) is 17.0 Å². The predicted octanol–water partition coefficient (Wildman–Crippen LogP) is 3.45. The van der Waals surface area contributed by atoms with Gasteiger partial charge in [-0.3, -0.25) is 4.79 Å². The number of methoxy groups -OCH3 is 1. The number of nitrogens with one attached hydrogen (secondary N) is 1.